The standard InChI is InChI=1S/C17H21N3O3S/c1-2-3-12(19-16(21)6-7-24)17-18-9-13(20-17)11-4-5-14-15(8-11)23-10-22-14/h4-5,8-9,12,24H,2-3,6-7,10H2,1H3,(H,18,20)(H,19,21). The second-order valence-electron chi connectivity index (χ2n) is 5.63. The molecule has 2 N–H and O–H groups in total. The SMILES string of the molecule is CCCC(NC(=O)CCS)c1ncc(-c2ccc3c(c2)OCO3)[nH]1. The summed E-state index contributed by atoms with van der Waals surface area (Å²) in [5.74, 6) is 2.77. The number of H-pyrrole nitrogens is 1. The van der Waals surface area contributed by atoms with Gasteiger partial charge >= 0.3 is 0 Å². The number of thiol groups is 1. The quantitative estimate of drug-likeness (QED) is 0.673. The topological polar surface area (TPSA) is 76.2 Å². The molecule has 0 saturated heterocycles. The molecule has 128 valence electrons. The number of fused-ring (bicyclic) bond motifs is 1. The molecule has 1 unspecified atom stereocenters. The fourth-order valence-corrected chi connectivity index (χ4v) is 2.86. The van der Waals surface area contributed by atoms with Crippen LogP contribution >= 0.6 is 12.6 Å². The summed E-state index contributed by atoms with van der Waals surface area (Å²) in [6.07, 6.45) is 3.96. The highest BCUT2D eigenvalue weighted by atomic mass is 32.1. The summed E-state index contributed by atoms with van der Waals surface area (Å²) in [7, 11) is 0. The Kier molecular flexibility index (Phi) is 5.30. The number of rotatable bonds is 7. The molecule has 0 radical (unpaired) electrons. The third-order valence-electron chi connectivity index (χ3n) is 3.86. The highest BCUT2D eigenvalue weighted by Gasteiger charge is 2.18. The molecular formula is C17H21N3O3S. The number of hydrogen-bond donors (Lipinski definition) is 3. The van der Waals surface area contributed by atoms with Gasteiger partial charge in [0.15, 0.2) is 11.5 Å². The number of benzene rings is 1. The average molecular weight is 347 g/mol. The third-order valence-corrected chi connectivity index (χ3v) is 4.08. The molecule has 0 bridgehead atoms. The Hall–Kier alpha value is -2.15. The molecule has 1 amide bonds. The number of ether oxygens (including phenoxy) is 2. The van der Waals surface area contributed by atoms with Gasteiger partial charge in [0.1, 0.15) is 5.82 Å². The summed E-state index contributed by atoms with van der Waals surface area (Å²) >= 11 is 4.10. The van der Waals surface area contributed by atoms with Crippen LogP contribution < -0.4 is 14.8 Å². The summed E-state index contributed by atoms with van der Waals surface area (Å²) in [5.41, 5.74) is 1.85. The van der Waals surface area contributed by atoms with Crippen LogP contribution in [0.2, 0.25) is 0 Å². The van der Waals surface area contributed by atoms with E-state index in [0.29, 0.717) is 12.2 Å². The molecule has 0 aliphatic carbocycles. The largest absolute Gasteiger partial charge is 0.454 e. The number of nitrogens with zero attached hydrogens (tertiary/aromatic N) is 1. The van der Waals surface area contributed by atoms with Crippen LogP contribution in [-0.2, 0) is 4.79 Å². The van der Waals surface area contributed by atoms with E-state index in [1.54, 1.807) is 6.20 Å². The lowest BCUT2D eigenvalue weighted by molar-refractivity contribution is -0.121. The molecule has 1 aliphatic heterocycles. The van der Waals surface area contributed by atoms with Crippen molar-refractivity contribution in [1.82, 2.24) is 15.3 Å². The lowest BCUT2D eigenvalue weighted by Gasteiger charge is -2.15. The van der Waals surface area contributed by atoms with Gasteiger partial charge in [0, 0.05) is 12.0 Å². The molecule has 1 aromatic carbocycles. The van der Waals surface area contributed by atoms with E-state index in [0.717, 1.165) is 41.4 Å². The van der Waals surface area contributed by atoms with E-state index in [-0.39, 0.29) is 18.7 Å². The van der Waals surface area contributed by atoms with Crippen molar-refractivity contribution in [1.29, 1.82) is 0 Å². The van der Waals surface area contributed by atoms with Crippen LogP contribution in [-0.4, -0.2) is 28.4 Å². The number of carbonyl (C=O) groups is 1. The summed E-state index contributed by atoms with van der Waals surface area (Å²) < 4.78 is 10.7. The molecule has 0 fully saturated rings. The van der Waals surface area contributed by atoms with Crippen molar-refractivity contribution < 1.29 is 14.3 Å². The molecule has 3 rings (SSSR count). The molecule has 0 spiro atoms. The van der Waals surface area contributed by atoms with E-state index in [2.05, 4.69) is 34.8 Å². The van der Waals surface area contributed by atoms with Crippen LogP contribution in [0.5, 0.6) is 11.5 Å². The zero-order chi connectivity index (χ0) is 16.9. The summed E-state index contributed by atoms with van der Waals surface area (Å²) in [6.45, 7) is 2.34. The van der Waals surface area contributed by atoms with Gasteiger partial charge in [0.05, 0.1) is 17.9 Å². The fourth-order valence-electron chi connectivity index (χ4n) is 2.66. The van der Waals surface area contributed by atoms with Gasteiger partial charge in [-0.15, -0.1) is 0 Å². The number of aromatic amines is 1. The zero-order valence-corrected chi connectivity index (χ0v) is 14.4. The van der Waals surface area contributed by atoms with Crippen molar-refractivity contribution in [2.45, 2.75) is 32.2 Å². The lowest BCUT2D eigenvalue weighted by atomic mass is 10.1. The Balaban J connectivity index is 1.78. The van der Waals surface area contributed by atoms with Gasteiger partial charge in [-0.3, -0.25) is 4.79 Å². The molecular weight excluding hydrogens is 326 g/mol. The first-order valence-corrected chi connectivity index (χ1v) is 8.69. The summed E-state index contributed by atoms with van der Waals surface area (Å²) in [6, 6.07) is 5.65. The normalized spacial score (nSPS) is 13.8. The van der Waals surface area contributed by atoms with E-state index in [1.807, 2.05) is 18.2 Å². The molecule has 2 heterocycles. The molecule has 1 atom stereocenters. The Morgan fingerprint density at radius 1 is 1.42 bits per heavy atom. The van der Waals surface area contributed by atoms with Crippen molar-refractivity contribution in [3.8, 4) is 22.8 Å². The van der Waals surface area contributed by atoms with Crippen molar-refractivity contribution in [2.75, 3.05) is 12.5 Å². The second kappa shape index (κ2) is 7.61. The third kappa shape index (κ3) is 3.67. The minimum Gasteiger partial charge on any atom is -0.454 e. The minimum atomic E-state index is -0.120. The van der Waals surface area contributed by atoms with Crippen LogP contribution in [0.25, 0.3) is 11.3 Å². The predicted molar refractivity (Wildman–Crippen MR) is 94.4 cm³/mol. The molecule has 1 aromatic heterocycles. The van der Waals surface area contributed by atoms with Gasteiger partial charge in [-0.05, 0) is 30.4 Å². The van der Waals surface area contributed by atoms with Crippen LogP contribution in [0.4, 0.5) is 0 Å². The lowest BCUT2D eigenvalue weighted by Crippen LogP contribution is -2.29. The van der Waals surface area contributed by atoms with Gasteiger partial charge in [0.25, 0.3) is 0 Å². The second-order valence-corrected chi connectivity index (χ2v) is 6.08. The minimum absolute atomic E-state index is 0.00974. The smallest absolute Gasteiger partial charge is 0.231 e. The Labute approximate surface area is 146 Å². The monoisotopic (exact) mass is 347 g/mol. The first kappa shape index (κ1) is 16.7. The van der Waals surface area contributed by atoms with E-state index >= 15 is 0 Å². The molecule has 24 heavy (non-hydrogen) atoms. The van der Waals surface area contributed by atoms with Crippen molar-refractivity contribution in [3.05, 3.63) is 30.2 Å². The maximum atomic E-state index is 11.9. The molecule has 1 aliphatic rings. The van der Waals surface area contributed by atoms with Crippen molar-refractivity contribution >= 4 is 18.5 Å². The van der Waals surface area contributed by atoms with Crippen molar-refractivity contribution in [3.63, 3.8) is 0 Å². The van der Waals surface area contributed by atoms with Gasteiger partial charge in [-0.1, -0.05) is 13.3 Å². The molecule has 0 saturated carbocycles. The molecule has 7 heteroatoms. The average Bonchev–Trinajstić information content (AvgIpc) is 3.23. The van der Waals surface area contributed by atoms with Crippen LogP contribution in [0.15, 0.2) is 24.4 Å². The van der Waals surface area contributed by atoms with E-state index in [1.165, 1.54) is 0 Å². The number of hydrogen-bond acceptors (Lipinski definition) is 5. The Morgan fingerprint density at radius 3 is 3.04 bits per heavy atom. The first-order valence-electron chi connectivity index (χ1n) is 8.06. The maximum absolute atomic E-state index is 11.9. The van der Waals surface area contributed by atoms with Crippen LogP contribution in [0, 0.1) is 0 Å². The van der Waals surface area contributed by atoms with Crippen LogP contribution in [0.1, 0.15) is 38.1 Å². The number of nitrogens with one attached hydrogen (secondary N) is 2. The van der Waals surface area contributed by atoms with Gasteiger partial charge in [-0.2, -0.15) is 12.6 Å². The van der Waals surface area contributed by atoms with E-state index in [4.69, 9.17) is 9.47 Å². The van der Waals surface area contributed by atoms with Crippen molar-refractivity contribution in [2.24, 2.45) is 0 Å². The van der Waals surface area contributed by atoms with Gasteiger partial charge in [-0.25, -0.2) is 4.98 Å². The summed E-state index contributed by atoms with van der Waals surface area (Å²) in [4.78, 5) is 19.6. The number of carbonyl (C=O) groups excluding carboxylic acids is 1. The predicted octanol–water partition coefficient (Wildman–Crippen LogP) is 3.08. The fraction of sp³-hybridized carbons (Fsp3) is 0.412. The number of aromatic nitrogens is 2. The molecule has 2 aromatic rings. The first-order chi connectivity index (χ1) is 11.7. The van der Waals surface area contributed by atoms with Gasteiger partial charge in [0.2, 0.25) is 12.7 Å². The molecule has 6 nitrogen and oxygen atoms in total. The van der Waals surface area contributed by atoms with E-state index in [9.17, 15) is 4.79 Å². The maximum Gasteiger partial charge on any atom is 0.231 e. The number of imidazole rings is 1. The number of amides is 1. The Bertz CT molecular complexity index is 717. The highest BCUT2D eigenvalue weighted by molar-refractivity contribution is 7.80. The zero-order valence-electron chi connectivity index (χ0n) is 13.5. The van der Waals surface area contributed by atoms with Gasteiger partial charge < -0.3 is 19.8 Å². The Morgan fingerprint density at radius 2 is 2.25 bits per heavy atom. The van der Waals surface area contributed by atoms with E-state index < -0.39 is 0 Å². The summed E-state index contributed by atoms with van der Waals surface area (Å²) in [5, 5.41) is 3.02. The highest BCUT2D eigenvalue weighted by Crippen LogP contribution is 2.35. The van der Waals surface area contributed by atoms with Crippen LogP contribution in [0.3, 0.4) is 0 Å².